The van der Waals surface area contributed by atoms with Gasteiger partial charge in [-0.1, -0.05) is 78.1 Å². The SMILES string of the molecule is CC[C@H](C)[C@H](CC(=O)[C@H]1CCCCN1C)C(=O)N(C)[C@H](C[C@@H](OC(C)=O)c1nc(C(=O)N[C@@H](Cc2ccc(CC(=O)[C@H](CCCCN)NC(=O)CCCCCN3C(=O)C=CC3=O)cc2)CC(C)C(=O)ON)cs1)C(C)C. The molecule has 0 spiro atoms. The molecule has 420 valence electrons. The van der Waals surface area contributed by atoms with Gasteiger partial charge < -0.3 is 30.8 Å². The van der Waals surface area contributed by atoms with Crippen LogP contribution in [0.5, 0.6) is 0 Å². The molecule has 76 heavy (non-hydrogen) atoms. The highest BCUT2D eigenvalue weighted by Crippen LogP contribution is 2.33. The van der Waals surface area contributed by atoms with Gasteiger partial charge in [-0.15, -0.1) is 11.3 Å². The number of imide groups is 1. The number of nitrogens with one attached hydrogen (secondary N) is 2. The minimum Gasteiger partial charge on any atom is -0.455 e. The number of piperidine rings is 1. The largest absolute Gasteiger partial charge is 0.455 e. The molecule has 1 aromatic heterocycles. The maximum atomic E-state index is 14.4. The van der Waals surface area contributed by atoms with E-state index in [0.29, 0.717) is 55.6 Å². The van der Waals surface area contributed by atoms with E-state index in [2.05, 4.69) is 25.4 Å². The summed E-state index contributed by atoms with van der Waals surface area (Å²) in [5.41, 5.74) is 7.31. The van der Waals surface area contributed by atoms with Crippen LogP contribution in [0.25, 0.3) is 0 Å². The second kappa shape index (κ2) is 31.5. The number of carbonyl (C=O) groups excluding carboxylic acids is 9. The molecule has 0 aliphatic carbocycles. The highest BCUT2D eigenvalue weighted by atomic mass is 32.1. The third-order valence-electron chi connectivity index (χ3n) is 14.9. The molecule has 1 aromatic carbocycles. The highest BCUT2D eigenvalue weighted by Gasteiger charge is 2.38. The number of amides is 5. The number of Topliss-reactive ketones (excluding diaryl/α,β-unsaturated/α-hetero) is 2. The van der Waals surface area contributed by atoms with Crippen molar-refractivity contribution >= 4 is 64.4 Å². The lowest BCUT2D eigenvalue weighted by Crippen LogP contribution is -2.48. The van der Waals surface area contributed by atoms with Crippen molar-refractivity contribution in [2.45, 2.75) is 175 Å². The van der Waals surface area contributed by atoms with Crippen molar-refractivity contribution in [3.63, 3.8) is 0 Å². The van der Waals surface area contributed by atoms with E-state index >= 15 is 0 Å². The topological polar surface area (TPSA) is 271 Å². The summed E-state index contributed by atoms with van der Waals surface area (Å²) in [6, 6.07) is 5.35. The Morgan fingerprint density at radius 1 is 0.908 bits per heavy atom. The number of esters is 1. The summed E-state index contributed by atoms with van der Waals surface area (Å²) in [7, 11) is 3.71. The van der Waals surface area contributed by atoms with Crippen LogP contribution >= 0.6 is 11.3 Å². The van der Waals surface area contributed by atoms with Gasteiger partial charge in [0.05, 0.1) is 18.0 Å². The monoisotopic (exact) mass is 1080 g/mol. The van der Waals surface area contributed by atoms with Crippen molar-refractivity contribution in [3.8, 4) is 0 Å². The van der Waals surface area contributed by atoms with E-state index in [1.807, 2.05) is 59.0 Å². The molecular formula is C56H84N8O11S. The predicted molar refractivity (Wildman–Crippen MR) is 289 cm³/mol. The first kappa shape index (κ1) is 62.8. The summed E-state index contributed by atoms with van der Waals surface area (Å²) in [5.74, 6) is 0.995. The number of aromatic nitrogens is 1. The van der Waals surface area contributed by atoms with E-state index in [9.17, 15) is 43.2 Å². The number of ketones is 2. The number of nitrogens with two attached hydrogens (primary N) is 2. The Labute approximate surface area is 452 Å². The van der Waals surface area contributed by atoms with Crippen LogP contribution in [0, 0.1) is 23.7 Å². The molecule has 1 saturated heterocycles. The van der Waals surface area contributed by atoms with Gasteiger partial charge in [0.25, 0.3) is 17.7 Å². The molecule has 20 heteroatoms. The Balaban J connectivity index is 1.43. The van der Waals surface area contributed by atoms with Crippen molar-refractivity contribution < 1.29 is 52.7 Å². The number of likely N-dealkylation sites (N-methyl/N-ethyl adjacent to an activating group) is 1. The van der Waals surface area contributed by atoms with Crippen LogP contribution in [0.2, 0.25) is 0 Å². The number of ether oxygens (including phenoxy) is 1. The lowest BCUT2D eigenvalue weighted by molar-refractivity contribution is -0.150. The number of nitrogens with zero attached hydrogens (tertiary/aromatic N) is 4. The molecule has 4 rings (SSSR count). The van der Waals surface area contributed by atoms with Crippen molar-refractivity contribution in [1.82, 2.24) is 30.3 Å². The quantitative estimate of drug-likeness (QED) is 0.0288. The Morgan fingerprint density at radius 3 is 2.21 bits per heavy atom. The van der Waals surface area contributed by atoms with Crippen molar-refractivity contribution in [2.24, 2.45) is 35.3 Å². The average molecular weight is 1080 g/mol. The Bertz CT molecular complexity index is 2300. The first-order chi connectivity index (χ1) is 36.2. The van der Waals surface area contributed by atoms with Crippen molar-refractivity contribution in [3.05, 3.63) is 63.6 Å². The minimum atomic E-state index is -0.897. The highest BCUT2D eigenvalue weighted by molar-refractivity contribution is 7.09. The zero-order valence-electron chi connectivity index (χ0n) is 46.0. The van der Waals surface area contributed by atoms with Crippen LogP contribution < -0.4 is 22.3 Å². The molecular weight excluding hydrogens is 993 g/mol. The van der Waals surface area contributed by atoms with Crippen LogP contribution in [0.4, 0.5) is 0 Å². The molecule has 8 atom stereocenters. The van der Waals surface area contributed by atoms with Crippen LogP contribution in [0.15, 0.2) is 41.8 Å². The fourth-order valence-electron chi connectivity index (χ4n) is 10.1. The van der Waals surface area contributed by atoms with E-state index in [-0.39, 0.29) is 104 Å². The van der Waals surface area contributed by atoms with Gasteiger partial charge in [-0.25, -0.2) is 4.98 Å². The van der Waals surface area contributed by atoms with Gasteiger partial charge in [0.15, 0.2) is 17.7 Å². The third kappa shape index (κ3) is 19.4. The summed E-state index contributed by atoms with van der Waals surface area (Å²) in [6.07, 6.45) is 9.64. The van der Waals surface area contributed by atoms with Gasteiger partial charge in [-0.05, 0) is 101 Å². The van der Waals surface area contributed by atoms with E-state index < -0.39 is 53.9 Å². The first-order valence-corrected chi connectivity index (χ1v) is 28.0. The molecule has 2 aliphatic heterocycles. The number of unbranched alkanes of at least 4 members (excludes halogenated alkanes) is 3. The van der Waals surface area contributed by atoms with Gasteiger partial charge in [-0.2, -0.15) is 5.90 Å². The molecule has 1 unspecified atom stereocenters. The van der Waals surface area contributed by atoms with Gasteiger partial charge >= 0.3 is 11.9 Å². The number of likely N-dealkylation sites (tertiary alicyclic amines) is 1. The van der Waals surface area contributed by atoms with Gasteiger partial charge in [0, 0.05) is 81.7 Å². The normalized spacial score (nSPS) is 17.6. The lowest BCUT2D eigenvalue weighted by Gasteiger charge is -2.37. The van der Waals surface area contributed by atoms with E-state index in [0.717, 1.165) is 49.1 Å². The maximum absolute atomic E-state index is 14.4. The number of hydrogen-bond donors (Lipinski definition) is 4. The summed E-state index contributed by atoms with van der Waals surface area (Å²) in [4.78, 5) is 132. The molecule has 6 N–H and O–H groups in total. The van der Waals surface area contributed by atoms with Gasteiger partial charge in [-0.3, -0.25) is 53.0 Å². The zero-order chi connectivity index (χ0) is 56.1. The average Bonchev–Trinajstić information content (AvgIpc) is 4.01. The lowest BCUT2D eigenvalue weighted by atomic mass is 9.83. The maximum Gasteiger partial charge on any atom is 0.327 e. The second-order valence-corrected chi connectivity index (χ2v) is 22.0. The predicted octanol–water partition coefficient (Wildman–Crippen LogP) is 5.72. The van der Waals surface area contributed by atoms with E-state index in [4.69, 9.17) is 16.4 Å². The summed E-state index contributed by atoms with van der Waals surface area (Å²) < 4.78 is 5.86. The third-order valence-corrected chi connectivity index (χ3v) is 15.8. The van der Waals surface area contributed by atoms with Gasteiger partial charge in [0.1, 0.15) is 10.7 Å². The molecule has 19 nitrogen and oxygen atoms in total. The number of benzene rings is 1. The van der Waals surface area contributed by atoms with Crippen LogP contribution in [-0.2, 0) is 60.8 Å². The Morgan fingerprint density at radius 2 is 1.59 bits per heavy atom. The standard InChI is InChI=1S/C56H84N8O11S/c1-9-36(4)42(32-48(67)45-18-13-16-27-62(45)7)55(72)63(8)46(35(2)3)33-49(74-38(6)65)54-61-44(34-76-54)53(71)59-41(29-37(5)56(73)75-58)30-39-20-22-40(23-21-39)31-47(66)43(17-12-14-26-57)60-50(68)19-11-10-15-28-64-51(69)24-25-52(64)70/h20-25,34-37,41-43,45-46,49H,9-19,26-33,57-58H2,1-8H3,(H,59,71)(H,60,68)/t36-,37?,41+,42-,43-,45+,46+,49+/m0/s1. The Kier molecular flexibility index (Phi) is 26.0. The molecule has 1 fully saturated rings. The molecule has 5 amide bonds. The molecule has 2 aromatic rings. The molecule has 2 aliphatic rings. The van der Waals surface area contributed by atoms with Crippen molar-refractivity contribution in [1.29, 1.82) is 0 Å². The molecule has 0 saturated carbocycles. The second-order valence-electron chi connectivity index (χ2n) is 21.1. The Hall–Kier alpha value is -5.70. The molecule has 3 heterocycles. The fraction of sp³-hybridized carbons (Fsp3) is 0.643. The number of carbonyl (C=O) groups is 9. The van der Waals surface area contributed by atoms with E-state index in [1.54, 1.807) is 24.3 Å². The first-order valence-electron chi connectivity index (χ1n) is 27.1. The van der Waals surface area contributed by atoms with Crippen LogP contribution in [-0.4, -0.2) is 131 Å². The molecule has 0 bridgehead atoms. The number of thiazole rings is 1. The number of hydrogen-bond acceptors (Lipinski definition) is 16. The van der Waals surface area contributed by atoms with Crippen LogP contribution in [0.3, 0.4) is 0 Å². The fourth-order valence-corrected chi connectivity index (χ4v) is 10.9. The summed E-state index contributed by atoms with van der Waals surface area (Å²) >= 11 is 1.15. The van der Waals surface area contributed by atoms with Crippen molar-refractivity contribution in [2.75, 3.05) is 33.7 Å². The zero-order valence-corrected chi connectivity index (χ0v) is 46.8. The van der Waals surface area contributed by atoms with Gasteiger partial charge in [0.2, 0.25) is 11.8 Å². The summed E-state index contributed by atoms with van der Waals surface area (Å²) in [6.45, 7) is 12.5. The smallest absolute Gasteiger partial charge is 0.327 e. The summed E-state index contributed by atoms with van der Waals surface area (Å²) in [5, 5.41) is 7.86. The van der Waals surface area contributed by atoms with Crippen LogP contribution in [0.1, 0.15) is 164 Å². The molecule has 0 radical (unpaired) electrons. The number of rotatable bonds is 33. The minimum absolute atomic E-state index is 0.0475. The van der Waals surface area contributed by atoms with E-state index in [1.165, 1.54) is 24.0 Å².